The van der Waals surface area contributed by atoms with Crippen molar-refractivity contribution in [3.8, 4) is 0 Å². The highest BCUT2D eigenvalue weighted by Gasteiger charge is 2.28. The minimum absolute atomic E-state index is 0.00930. The van der Waals surface area contributed by atoms with E-state index >= 15 is 0 Å². The lowest BCUT2D eigenvalue weighted by Crippen LogP contribution is -2.40. The Bertz CT molecular complexity index is 983. The van der Waals surface area contributed by atoms with Crippen molar-refractivity contribution in [3.05, 3.63) is 64.2 Å². The fraction of sp³-hybridized carbons (Fsp3) is 0.462. The third-order valence-electron chi connectivity index (χ3n) is 6.55. The molecule has 176 valence electrons. The van der Waals surface area contributed by atoms with Crippen LogP contribution in [0.4, 0.5) is 10.5 Å². The van der Waals surface area contributed by atoms with Crippen LogP contribution in [0.1, 0.15) is 47.2 Å². The Balaban J connectivity index is 1.25. The van der Waals surface area contributed by atoms with E-state index in [1.54, 1.807) is 30.1 Å². The number of halogens is 1. The van der Waals surface area contributed by atoms with E-state index < -0.39 is 0 Å². The number of benzene rings is 2. The van der Waals surface area contributed by atoms with Gasteiger partial charge in [-0.05, 0) is 86.1 Å². The van der Waals surface area contributed by atoms with Crippen LogP contribution in [-0.4, -0.2) is 49.7 Å². The third kappa shape index (κ3) is 6.49. The fourth-order valence-corrected chi connectivity index (χ4v) is 4.36. The maximum Gasteiger partial charge on any atom is 0.407 e. The van der Waals surface area contributed by atoms with E-state index in [2.05, 4.69) is 10.2 Å². The van der Waals surface area contributed by atoms with Crippen molar-refractivity contribution < 1.29 is 14.3 Å². The molecule has 0 bridgehead atoms. The molecule has 6 nitrogen and oxygen atoms in total. The van der Waals surface area contributed by atoms with E-state index in [1.807, 2.05) is 31.2 Å². The van der Waals surface area contributed by atoms with Crippen LogP contribution in [0.5, 0.6) is 0 Å². The molecule has 2 aromatic carbocycles. The van der Waals surface area contributed by atoms with Crippen molar-refractivity contribution >= 4 is 29.3 Å². The van der Waals surface area contributed by atoms with Gasteiger partial charge >= 0.3 is 6.09 Å². The van der Waals surface area contributed by atoms with Gasteiger partial charge in [0.2, 0.25) is 0 Å². The summed E-state index contributed by atoms with van der Waals surface area (Å²) in [6, 6.07) is 12.7. The van der Waals surface area contributed by atoms with Gasteiger partial charge in [-0.1, -0.05) is 17.7 Å². The van der Waals surface area contributed by atoms with Gasteiger partial charge in [-0.2, -0.15) is 0 Å². The van der Waals surface area contributed by atoms with E-state index in [9.17, 15) is 9.59 Å². The zero-order chi connectivity index (χ0) is 23.4. The molecule has 1 heterocycles. The summed E-state index contributed by atoms with van der Waals surface area (Å²) in [6.07, 6.45) is 4.15. The molecule has 0 spiro atoms. The molecular weight excluding hydrogens is 438 g/mol. The first-order valence-corrected chi connectivity index (χ1v) is 12.1. The number of likely N-dealkylation sites (tertiary alicyclic amines) is 1. The fourth-order valence-electron chi connectivity index (χ4n) is 4.24. The molecule has 2 aliphatic rings. The Morgan fingerprint density at radius 3 is 2.42 bits per heavy atom. The summed E-state index contributed by atoms with van der Waals surface area (Å²) >= 11 is 5.94. The van der Waals surface area contributed by atoms with Gasteiger partial charge in [-0.3, -0.25) is 4.79 Å². The molecule has 33 heavy (non-hydrogen) atoms. The first-order valence-electron chi connectivity index (χ1n) is 11.7. The average molecular weight is 470 g/mol. The molecule has 1 N–H and O–H groups in total. The molecule has 1 aliphatic heterocycles. The van der Waals surface area contributed by atoms with Gasteiger partial charge in [-0.15, -0.1) is 0 Å². The predicted molar refractivity (Wildman–Crippen MR) is 131 cm³/mol. The summed E-state index contributed by atoms with van der Waals surface area (Å²) in [4.78, 5) is 29.2. The van der Waals surface area contributed by atoms with Crippen molar-refractivity contribution in [3.63, 3.8) is 0 Å². The summed E-state index contributed by atoms with van der Waals surface area (Å²) in [5.74, 6) is 0.792. The number of carbonyl (C=O) groups excluding carboxylic acids is 2. The van der Waals surface area contributed by atoms with Crippen LogP contribution < -0.4 is 10.2 Å². The number of alkyl carbamates (subject to hydrolysis) is 1. The SMILES string of the molecule is Cc1cc(C(=O)N(C)c2ccc(Cl)cc2)ccc1CNC(=O)OC1CCN(CC2CC2)CC1. The number of amides is 2. The van der Waals surface area contributed by atoms with Gasteiger partial charge in [0.15, 0.2) is 0 Å². The van der Waals surface area contributed by atoms with Crippen molar-refractivity contribution in [1.29, 1.82) is 0 Å². The number of nitrogens with zero attached hydrogens (tertiary/aromatic N) is 2. The third-order valence-corrected chi connectivity index (χ3v) is 6.80. The summed E-state index contributed by atoms with van der Waals surface area (Å²) in [7, 11) is 1.74. The molecule has 1 saturated carbocycles. The van der Waals surface area contributed by atoms with Crippen molar-refractivity contribution in [2.45, 2.75) is 45.3 Å². The molecule has 4 rings (SSSR count). The second-order valence-corrected chi connectivity index (χ2v) is 9.62. The zero-order valence-corrected chi connectivity index (χ0v) is 20.1. The Labute approximate surface area is 200 Å². The Hall–Kier alpha value is -2.57. The number of carbonyl (C=O) groups is 2. The van der Waals surface area contributed by atoms with Crippen molar-refractivity contribution in [2.24, 2.45) is 5.92 Å². The Morgan fingerprint density at radius 2 is 1.79 bits per heavy atom. The largest absolute Gasteiger partial charge is 0.446 e. The quantitative estimate of drug-likeness (QED) is 0.618. The summed E-state index contributed by atoms with van der Waals surface area (Å²) in [5, 5.41) is 3.49. The van der Waals surface area contributed by atoms with E-state index in [1.165, 1.54) is 19.4 Å². The van der Waals surface area contributed by atoms with Gasteiger partial charge in [0.25, 0.3) is 5.91 Å². The van der Waals surface area contributed by atoms with Gasteiger partial charge in [0.1, 0.15) is 6.10 Å². The van der Waals surface area contributed by atoms with Gasteiger partial charge in [0.05, 0.1) is 0 Å². The smallest absolute Gasteiger partial charge is 0.407 e. The van der Waals surface area contributed by atoms with E-state index in [0.717, 1.165) is 48.7 Å². The lowest BCUT2D eigenvalue weighted by molar-refractivity contribution is 0.0493. The lowest BCUT2D eigenvalue weighted by Gasteiger charge is -2.31. The van der Waals surface area contributed by atoms with Crippen LogP contribution in [0.3, 0.4) is 0 Å². The molecule has 2 fully saturated rings. The minimum Gasteiger partial charge on any atom is -0.446 e. The molecule has 2 amide bonds. The molecule has 1 aliphatic carbocycles. The number of hydrogen-bond acceptors (Lipinski definition) is 4. The molecule has 0 atom stereocenters. The van der Waals surface area contributed by atoms with Crippen LogP contribution in [0.25, 0.3) is 0 Å². The lowest BCUT2D eigenvalue weighted by atomic mass is 10.0. The monoisotopic (exact) mass is 469 g/mol. The van der Waals surface area contributed by atoms with Gasteiger partial charge < -0.3 is 19.9 Å². The second kappa shape index (κ2) is 10.6. The van der Waals surface area contributed by atoms with Crippen molar-refractivity contribution in [2.75, 3.05) is 31.6 Å². The number of ether oxygens (including phenoxy) is 1. The van der Waals surface area contributed by atoms with Crippen LogP contribution in [0.15, 0.2) is 42.5 Å². The molecule has 0 radical (unpaired) electrons. The number of aryl methyl sites for hydroxylation is 1. The zero-order valence-electron chi connectivity index (χ0n) is 19.4. The summed E-state index contributed by atoms with van der Waals surface area (Å²) < 4.78 is 5.63. The summed E-state index contributed by atoms with van der Waals surface area (Å²) in [5.41, 5.74) is 3.26. The molecule has 1 saturated heterocycles. The minimum atomic E-state index is -0.377. The van der Waals surface area contributed by atoms with E-state index in [0.29, 0.717) is 17.1 Å². The van der Waals surface area contributed by atoms with Crippen molar-refractivity contribution in [1.82, 2.24) is 10.2 Å². The van der Waals surface area contributed by atoms with Crippen LogP contribution in [0, 0.1) is 12.8 Å². The van der Waals surface area contributed by atoms with Crippen LogP contribution in [0.2, 0.25) is 5.02 Å². The maximum absolute atomic E-state index is 12.9. The molecule has 0 unspecified atom stereocenters. The number of nitrogens with one attached hydrogen (secondary N) is 1. The number of anilines is 1. The molecule has 2 aromatic rings. The molecule has 7 heteroatoms. The molecular formula is C26H32ClN3O3. The Morgan fingerprint density at radius 1 is 1.09 bits per heavy atom. The topological polar surface area (TPSA) is 61.9 Å². The number of hydrogen-bond donors (Lipinski definition) is 1. The number of rotatable bonds is 7. The normalized spacial score (nSPS) is 16.9. The molecule has 0 aromatic heterocycles. The van der Waals surface area contributed by atoms with Crippen LogP contribution >= 0.6 is 11.6 Å². The first-order chi connectivity index (χ1) is 15.9. The van der Waals surface area contributed by atoms with E-state index in [4.69, 9.17) is 16.3 Å². The highest BCUT2D eigenvalue weighted by Crippen LogP contribution is 2.30. The Kier molecular flexibility index (Phi) is 7.56. The second-order valence-electron chi connectivity index (χ2n) is 9.18. The highest BCUT2D eigenvalue weighted by molar-refractivity contribution is 6.30. The van der Waals surface area contributed by atoms with Gasteiger partial charge in [-0.25, -0.2) is 4.79 Å². The first kappa shape index (κ1) is 23.6. The standard InChI is InChI=1S/C26H32ClN3O3/c1-18-15-20(25(31)29(2)23-9-7-22(27)8-10-23)5-6-21(18)16-28-26(32)33-24-11-13-30(14-12-24)17-19-3-4-19/h5-10,15,19,24H,3-4,11-14,16-17H2,1-2H3,(H,28,32). The highest BCUT2D eigenvalue weighted by atomic mass is 35.5. The van der Waals surface area contributed by atoms with E-state index in [-0.39, 0.29) is 18.1 Å². The number of piperidine rings is 1. The summed E-state index contributed by atoms with van der Waals surface area (Å²) in [6.45, 7) is 5.52. The average Bonchev–Trinajstić information content (AvgIpc) is 3.63. The maximum atomic E-state index is 12.9. The van der Waals surface area contributed by atoms with Gasteiger partial charge in [0, 0.05) is 49.5 Å². The van der Waals surface area contributed by atoms with Crippen LogP contribution in [-0.2, 0) is 11.3 Å². The predicted octanol–water partition coefficient (Wildman–Crippen LogP) is 5.03.